The molecule has 1 aromatic rings. The van der Waals surface area contributed by atoms with Gasteiger partial charge in [-0.1, -0.05) is 26.8 Å². The Morgan fingerprint density at radius 3 is 2.46 bits per heavy atom. The Bertz CT molecular complexity index is 606. The largest absolute Gasteiger partial charge is 0.355 e. The van der Waals surface area contributed by atoms with Crippen LogP contribution in [0.5, 0.6) is 0 Å². The van der Waals surface area contributed by atoms with Crippen molar-refractivity contribution in [1.29, 1.82) is 0 Å². The highest BCUT2D eigenvalue weighted by atomic mass is 19.1. The molecule has 0 saturated carbocycles. The number of amides is 2. The van der Waals surface area contributed by atoms with E-state index in [-0.39, 0.29) is 11.8 Å². The molecule has 1 unspecified atom stereocenters. The number of likely N-dealkylation sites (tertiary alicyclic amines) is 1. The van der Waals surface area contributed by atoms with Crippen molar-refractivity contribution in [3.8, 4) is 0 Å². The van der Waals surface area contributed by atoms with Gasteiger partial charge in [0, 0.05) is 25.0 Å². The molecule has 24 heavy (non-hydrogen) atoms. The molecule has 1 atom stereocenters. The van der Waals surface area contributed by atoms with Gasteiger partial charge < -0.3 is 10.2 Å². The summed E-state index contributed by atoms with van der Waals surface area (Å²) in [6.45, 7) is 6.81. The van der Waals surface area contributed by atoms with Crippen LogP contribution in [0.25, 0.3) is 0 Å². The van der Waals surface area contributed by atoms with Gasteiger partial charge in [-0.15, -0.1) is 0 Å². The minimum atomic E-state index is -0.844. The van der Waals surface area contributed by atoms with Crippen LogP contribution in [-0.4, -0.2) is 36.3 Å². The van der Waals surface area contributed by atoms with Crippen LogP contribution < -0.4 is 5.32 Å². The van der Waals surface area contributed by atoms with E-state index in [1.54, 1.807) is 0 Å². The van der Waals surface area contributed by atoms with Gasteiger partial charge in [0.25, 0.3) is 5.91 Å². The predicted molar refractivity (Wildman–Crippen MR) is 87.5 cm³/mol. The van der Waals surface area contributed by atoms with Crippen LogP contribution in [-0.2, 0) is 4.79 Å². The number of nitrogens with zero attached hydrogens (tertiary/aromatic N) is 1. The van der Waals surface area contributed by atoms with E-state index in [1.807, 2.05) is 20.8 Å². The van der Waals surface area contributed by atoms with Gasteiger partial charge in [-0.05, 0) is 30.9 Å². The van der Waals surface area contributed by atoms with Crippen molar-refractivity contribution in [1.82, 2.24) is 10.2 Å². The summed E-state index contributed by atoms with van der Waals surface area (Å²) in [6, 6.07) is 3.41. The molecule has 0 aliphatic carbocycles. The highest BCUT2D eigenvalue weighted by molar-refractivity contribution is 5.94. The molecule has 0 radical (unpaired) electrons. The third-order valence-electron chi connectivity index (χ3n) is 4.22. The molecular weight excluding hydrogens is 314 g/mol. The second-order valence-corrected chi connectivity index (χ2v) is 7.32. The Kier molecular flexibility index (Phi) is 5.57. The first kappa shape index (κ1) is 18.4. The molecule has 4 nitrogen and oxygen atoms in total. The minimum Gasteiger partial charge on any atom is -0.355 e. The Morgan fingerprint density at radius 2 is 1.88 bits per heavy atom. The average Bonchev–Trinajstić information content (AvgIpc) is 2.51. The first-order chi connectivity index (χ1) is 11.2. The number of carbonyl (C=O) groups excluding carboxylic acids is 2. The van der Waals surface area contributed by atoms with E-state index in [1.165, 1.54) is 11.0 Å². The van der Waals surface area contributed by atoms with Gasteiger partial charge in [-0.2, -0.15) is 0 Å². The maximum Gasteiger partial charge on any atom is 0.259 e. The molecule has 0 aromatic heterocycles. The Balaban J connectivity index is 2.00. The van der Waals surface area contributed by atoms with E-state index in [4.69, 9.17) is 0 Å². The smallest absolute Gasteiger partial charge is 0.259 e. The van der Waals surface area contributed by atoms with Crippen LogP contribution in [0.3, 0.4) is 0 Å². The average molecular weight is 338 g/mol. The normalized spacial score (nSPS) is 18.4. The van der Waals surface area contributed by atoms with Crippen LogP contribution in [0.1, 0.15) is 44.0 Å². The monoisotopic (exact) mass is 338 g/mol. The lowest BCUT2D eigenvalue weighted by Gasteiger charge is -2.33. The van der Waals surface area contributed by atoms with Crippen molar-refractivity contribution in [2.45, 2.75) is 33.6 Å². The lowest BCUT2D eigenvalue weighted by atomic mass is 9.93. The van der Waals surface area contributed by atoms with E-state index >= 15 is 0 Å². The summed E-state index contributed by atoms with van der Waals surface area (Å²) < 4.78 is 27.6. The van der Waals surface area contributed by atoms with Gasteiger partial charge in [0.15, 0.2) is 0 Å². The molecule has 0 spiro atoms. The zero-order chi connectivity index (χ0) is 17.9. The molecule has 1 aliphatic rings. The van der Waals surface area contributed by atoms with Crippen molar-refractivity contribution >= 4 is 11.8 Å². The predicted octanol–water partition coefficient (Wildman–Crippen LogP) is 2.98. The summed E-state index contributed by atoms with van der Waals surface area (Å²) in [6.07, 6.45) is 1.62. The molecular formula is C18H24F2N2O2. The Labute approximate surface area is 141 Å². The topological polar surface area (TPSA) is 49.4 Å². The fraction of sp³-hybridized carbons (Fsp3) is 0.556. The number of rotatable bonds is 3. The summed E-state index contributed by atoms with van der Waals surface area (Å²) in [7, 11) is 0. The van der Waals surface area contributed by atoms with Gasteiger partial charge in [-0.25, -0.2) is 8.78 Å². The Hall–Kier alpha value is -1.98. The van der Waals surface area contributed by atoms with E-state index < -0.39 is 28.5 Å². The van der Waals surface area contributed by atoms with E-state index in [2.05, 4.69) is 5.32 Å². The van der Waals surface area contributed by atoms with Gasteiger partial charge in [0.1, 0.15) is 17.2 Å². The standard InChI is InChI=1S/C18H24F2N2O2/c1-18(2,3)17(24)21-10-12-6-5-9-22(11-12)16(23)15-13(19)7-4-8-14(15)20/h4,7-8,12H,5-6,9-11H2,1-3H3,(H,21,24). The molecule has 2 rings (SSSR count). The van der Waals surface area contributed by atoms with E-state index in [9.17, 15) is 18.4 Å². The molecule has 132 valence electrons. The second kappa shape index (κ2) is 7.28. The van der Waals surface area contributed by atoms with Crippen molar-refractivity contribution in [3.05, 3.63) is 35.4 Å². The highest BCUT2D eigenvalue weighted by Gasteiger charge is 2.29. The fourth-order valence-electron chi connectivity index (χ4n) is 2.78. The molecule has 6 heteroatoms. The number of hydrogen-bond acceptors (Lipinski definition) is 2. The Morgan fingerprint density at radius 1 is 1.25 bits per heavy atom. The van der Waals surface area contributed by atoms with Crippen LogP contribution in [0, 0.1) is 23.0 Å². The quantitative estimate of drug-likeness (QED) is 0.921. The second-order valence-electron chi connectivity index (χ2n) is 7.32. The number of nitrogens with one attached hydrogen (secondary N) is 1. The summed E-state index contributed by atoms with van der Waals surface area (Å²) in [5.41, 5.74) is -0.975. The van der Waals surface area contributed by atoms with Crippen molar-refractivity contribution < 1.29 is 18.4 Å². The summed E-state index contributed by atoms with van der Waals surface area (Å²) in [5.74, 6) is -2.28. The molecule has 1 aliphatic heterocycles. The van der Waals surface area contributed by atoms with Crippen molar-refractivity contribution in [3.63, 3.8) is 0 Å². The first-order valence-electron chi connectivity index (χ1n) is 8.21. The number of hydrogen-bond donors (Lipinski definition) is 1. The molecule has 1 heterocycles. The fourth-order valence-corrected chi connectivity index (χ4v) is 2.78. The maximum atomic E-state index is 13.8. The van der Waals surface area contributed by atoms with Gasteiger partial charge in [-0.3, -0.25) is 9.59 Å². The third-order valence-corrected chi connectivity index (χ3v) is 4.22. The third kappa shape index (κ3) is 4.30. The van der Waals surface area contributed by atoms with Gasteiger partial charge >= 0.3 is 0 Å². The summed E-state index contributed by atoms with van der Waals surface area (Å²) in [4.78, 5) is 25.9. The molecule has 0 bridgehead atoms. The lowest BCUT2D eigenvalue weighted by Crippen LogP contribution is -2.45. The number of piperidine rings is 1. The van der Waals surface area contributed by atoms with E-state index in [0.29, 0.717) is 19.6 Å². The molecule has 1 aromatic carbocycles. The zero-order valence-electron chi connectivity index (χ0n) is 14.4. The van der Waals surface area contributed by atoms with Crippen LogP contribution in [0.4, 0.5) is 8.78 Å². The SMILES string of the molecule is CC(C)(C)C(=O)NCC1CCCN(C(=O)c2c(F)cccc2F)C1. The van der Waals surface area contributed by atoms with Crippen LogP contribution >= 0.6 is 0 Å². The summed E-state index contributed by atoms with van der Waals surface area (Å²) in [5, 5.41) is 2.89. The van der Waals surface area contributed by atoms with Gasteiger partial charge in [0.2, 0.25) is 5.91 Å². The van der Waals surface area contributed by atoms with Crippen LogP contribution in [0.2, 0.25) is 0 Å². The zero-order valence-corrected chi connectivity index (χ0v) is 14.4. The van der Waals surface area contributed by atoms with Crippen molar-refractivity contribution in [2.24, 2.45) is 11.3 Å². The molecule has 1 fully saturated rings. The maximum absolute atomic E-state index is 13.8. The number of halogens is 2. The van der Waals surface area contributed by atoms with Crippen LogP contribution in [0.15, 0.2) is 18.2 Å². The van der Waals surface area contributed by atoms with E-state index in [0.717, 1.165) is 25.0 Å². The van der Waals surface area contributed by atoms with Crippen molar-refractivity contribution in [2.75, 3.05) is 19.6 Å². The minimum absolute atomic E-state index is 0.0499. The molecule has 2 amide bonds. The number of benzene rings is 1. The van der Waals surface area contributed by atoms with Gasteiger partial charge in [0.05, 0.1) is 0 Å². The first-order valence-corrected chi connectivity index (χ1v) is 8.21. The summed E-state index contributed by atoms with van der Waals surface area (Å²) >= 11 is 0. The number of carbonyl (C=O) groups is 2. The highest BCUT2D eigenvalue weighted by Crippen LogP contribution is 2.21. The molecule has 1 N–H and O–H groups in total. The molecule has 1 saturated heterocycles. The lowest BCUT2D eigenvalue weighted by molar-refractivity contribution is -0.128.